The zero-order chi connectivity index (χ0) is 25.2. The number of guanidine groups is 1. The van der Waals surface area contributed by atoms with Gasteiger partial charge in [0.05, 0.1) is 5.69 Å². The number of nitrogens with two attached hydrogens (primary N) is 1. The van der Waals surface area contributed by atoms with Crippen LogP contribution in [0.1, 0.15) is 69.8 Å². The maximum absolute atomic E-state index is 13.3. The highest BCUT2D eigenvalue weighted by Gasteiger charge is 2.40. The van der Waals surface area contributed by atoms with Crippen molar-refractivity contribution in [3.8, 4) is 11.5 Å². The van der Waals surface area contributed by atoms with Crippen molar-refractivity contribution in [2.24, 2.45) is 34.4 Å². The van der Waals surface area contributed by atoms with Crippen molar-refractivity contribution in [2.45, 2.75) is 76.8 Å². The summed E-state index contributed by atoms with van der Waals surface area (Å²) in [6.07, 6.45) is 11.9. The summed E-state index contributed by atoms with van der Waals surface area (Å²) in [5.41, 5.74) is 8.54. The number of nitrogens with one attached hydrogen (secondary N) is 1. The van der Waals surface area contributed by atoms with Crippen molar-refractivity contribution in [1.29, 1.82) is 0 Å². The van der Waals surface area contributed by atoms with Gasteiger partial charge in [0.25, 0.3) is 0 Å². The molecule has 2 aromatic rings. The van der Waals surface area contributed by atoms with Gasteiger partial charge in [-0.05, 0) is 86.1 Å². The lowest BCUT2D eigenvalue weighted by Gasteiger charge is -2.41. The number of para-hydroxylation sites is 1. The Morgan fingerprint density at radius 2 is 1.86 bits per heavy atom. The van der Waals surface area contributed by atoms with Crippen LogP contribution >= 0.6 is 0 Å². The summed E-state index contributed by atoms with van der Waals surface area (Å²) in [4.78, 5) is 20.2. The smallest absolute Gasteiger partial charge is 0.222 e. The van der Waals surface area contributed by atoms with Gasteiger partial charge in [-0.15, -0.1) is 0 Å². The fourth-order valence-electron chi connectivity index (χ4n) is 7.41. The average Bonchev–Trinajstić information content (AvgIpc) is 3.55. The molecule has 1 amide bonds. The molecule has 0 saturated heterocycles. The molecule has 3 aliphatic carbocycles. The van der Waals surface area contributed by atoms with Gasteiger partial charge < -0.3 is 20.7 Å². The van der Waals surface area contributed by atoms with Crippen LogP contribution in [0.3, 0.4) is 0 Å². The van der Waals surface area contributed by atoms with Gasteiger partial charge in [-0.3, -0.25) is 4.79 Å². The molecule has 37 heavy (non-hydrogen) atoms. The molecule has 3 N–H and O–H groups in total. The van der Waals surface area contributed by atoms with E-state index < -0.39 is 0 Å². The predicted molar refractivity (Wildman–Crippen MR) is 147 cm³/mol. The predicted octanol–water partition coefficient (Wildman–Crippen LogP) is 6.13. The van der Waals surface area contributed by atoms with Crippen molar-refractivity contribution in [1.82, 2.24) is 10.2 Å². The molecule has 4 atom stereocenters. The number of aliphatic imine (C=N–C) groups is 1. The number of nitrogens with zero attached hydrogens (tertiary/aromatic N) is 2. The summed E-state index contributed by atoms with van der Waals surface area (Å²) >= 11 is 0. The van der Waals surface area contributed by atoms with Gasteiger partial charge in [0.1, 0.15) is 11.5 Å². The zero-order valence-corrected chi connectivity index (χ0v) is 21.8. The second-order valence-electron chi connectivity index (χ2n) is 11.7. The molecule has 0 aromatic heterocycles. The molecular formula is C31H40N4O2. The molecule has 3 fully saturated rings. The van der Waals surface area contributed by atoms with Crippen LogP contribution in [0.2, 0.25) is 0 Å². The minimum Gasteiger partial charge on any atom is -0.457 e. The van der Waals surface area contributed by atoms with E-state index in [0.717, 1.165) is 54.0 Å². The molecule has 3 saturated carbocycles. The van der Waals surface area contributed by atoms with E-state index >= 15 is 0 Å². The van der Waals surface area contributed by atoms with Gasteiger partial charge in [-0.25, -0.2) is 4.99 Å². The second kappa shape index (κ2) is 10.8. The van der Waals surface area contributed by atoms with Gasteiger partial charge in [0.15, 0.2) is 5.96 Å². The Morgan fingerprint density at radius 3 is 2.62 bits per heavy atom. The molecule has 0 spiro atoms. The Bertz CT molecular complexity index is 1130. The monoisotopic (exact) mass is 500 g/mol. The highest BCUT2D eigenvalue weighted by Crippen LogP contribution is 2.48. The standard InChI is InChI=1S/C31H40N4O2/c32-31-34-28-14-13-27(37-26-9-5-2-6-10-26)17-25(28)20-35(31)29(22-7-3-1-4-8-22)18-30(36)33-19-24-16-21-11-12-23(24)15-21/h2,5-6,9-10,13-14,17,21-24,29H,1,3-4,7-8,11-12,15-16,18-20H2,(H2,32,34)(H,33,36). The summed E-state index contributed by atoms with van der Waals surface area (Å²) in [6, 6.07) is 15.9. The van der Waals surface area contributed by atoms with Crippen LogP contribution in [-0.2, 0) is 11.3 Å². The second-order valence-corrected chi connectivity index (χ2v) is 11.7. The normalized spacial score (nSPS) is 25.9. The van der Waals surface area contributed by atoms with E-state index in [9.17, 15) is 4.79 Å². The first kappa shape index (κ1) is 24.3. The van der Waals surface area contributed by atoms with E-state index in [-0.39, 0.29) is 11.9 Å². The lowest BCUT2D eigenvalue weighted by Crippen LogP contribution is -2.51. The third kappa shape index (κ3) is 5.48. The first-order valence-corrected chi connectivity index (χ1v) is 14.4. The molecule has 6 nitrogen and oxygen atoms in total. The number of ether oxygens (including phenoxy) is 1. The fourth-order valence-corrected chi connectivity index (χ4v) is 7.41. The molecule has 1 heterocycles. The Kier molecular flexibility index (Phi) is 7.08. The van der Waals surface area contributed by atoms with Crippen molar-refractivity contribution in [3.63, 3.8) is 0 Å². The van der Waals surface area contributed by atoms with Crippen molar-refractivity contribution >= 4 is 17.6 Å². The van der Waals surface area contributed by atoms with Gasteiger partial charge in [0.2, 0.25) is 5.91 Å². The molecule has 6 heteroatoms. The maximum Gasteiger partial charge on any atom is 0.222 e. The lowest BCUT2D eigenvalue weighted by molar-refractivity contribution is -0.122. The minimum atomic E-state index is 0.0657. The van der Waals surface area contributed by atoms with E-state index in [2.05, 4.69) is 16.3 Å². The molecule has 1 aliphatic heterocycles. The lowest BCUT2D eigenvalue weighted by atomic mass is 9.81. The van der Waals surface area contributed by atoms with Gasteiger partial charge >= 0.3 is 0 Å². The van der Waals surface area contributed by atoms with Crippen LogP contribution in [0, 0.1) is 23.7 Å². The number of hydrogen-bond donors (Lipinski definition) is 2. The number of hydrogen-bond acceptors (Lipinski definition) is 5. The van der Waals surface area contributed by atoms with Crippen molar-refractivity contribution < 1.29 is 9.53 Å². The molecule has 6 rings (SSSR count). The quantitative estimate of drug-likeness (QED) is 0.457. The first-order chi connectivity index (χ1) is 18.1. The van der Waals surface area contributed by atoms with Gasteiger partial charge in [-0.2, -0.15) is 0 Å². The Morgan fingerprint density at radius 1 is 1.03 bits per heavy atom. The topological polar surface area (TPSA) is 80.0 Å². The van der Waals surface area contributed by atoms with Gasteiger partial charge in [-0.1, -0.05) is 43.9 Å². The van der Waals surface area contributed by atoms with Crippen LogP contribution in [0.5, 0.6) is 11.5 Å². The highest BCUT2D eigenvalue weighted by atomic mass is 16.5. The van der Waals surface area contributed by atoms with Crippen molar-refractivity contribution in [2.75, 3.05) is 6.54 Å². The van der Waals surface area contributed by atoms with E-state index in [1.807, 2.05) is 42.5 Å². The fraction of sp³-hybridized carbons (Fsp3) is 0.548. The zero-order valence-electron chi connectivity index (χ0n) is 21.8. The van der Waals surface area contributed by atoms with Crippen LogP contribution < -0.4 is 15.8 Å². The summed E-state index contributed by atoms with van der Waals surface area (Å²) in [6.45, 7) is 1.49. The maximum atomic E-state index is 13.3. The van der Waals surface area contributed by atoms with Crippen LogP contribution in [0.25, 0.3) is 0 Å². The largest absolute Gasteiger partial charge is 0.457 e. The molecular weight excluding hydrogens is 460 g/mol. The summed E-state index contributed by atoms with van der Waals surface area (Å²) in [7, 11) is 0. The SMILES string of the molecule is NC1=Nc2ccc(Oc3ccccc3)cc2CN1C(CC(=O)NCC1CC2CCC1C2)C1CCCCC1. The van der Waals surface area contributed by atoms with Crippen LogP contribution in [0.4, 0.5) is 5.69 Å². The van der Waals surface area contributed by atoms with E-state index in [1.54, 1.807) is 0 Å². The Labute approximate surface area is 220 Å². The molecule has 2 aromatic carbocycles. The number of benzene rings is 2. The number of rotatable bonds is 8. The Balaban J connectivity index is 1.16. The summed E-state index contributed by atoms with van der Waals surface area (Å²) in [5, 5.41) is 3.32. The van der Waals surface area contributed by atoms with Crippen LogP contribution in [-0.4, -0.2) is 29.4 Å². The number of carbonyl (C=O) groups is 1. The highest BCUT2D eigenvalue weighted by molar-refractivity contribution is 5.85. The Hall–Kier alpha value is -3.02. The minimum absolute atomic E-state index is 0.0657. The van der Waals surface area contributed by atoms with Crippen molar-refractivity contribution in [3.05, 3.63) is 54.1 Å². The summed E-state index contributed by atoms with van der Waals surface area (Å²) < 4.78 is 6.09. The molecule has 2 bridgehead atoms. The molecule has 0 radical (unpaired) electrons. The molecule has 4 aliphatic rings. The van der Waals surface area contributed by atoms with E-state index in [4.69, 9.17) is 15.5 Å². The third-order valence-corrected chi connectivity index (χ3v) is 9.33. The number of carbonyl (C=O) groups excluding carboxylic acids is 1. The molecule has 196 valence electrons. The first-order valence-electron chi connectivity index (χ1n) is 14.4. The van der Waals surface area contributed by atoms with Gasteiger partial charge in [0, 0.05) is 31.1 Å². The average molecular weight is 501 g/mol. The van der Waals surface area contributed by atoms with Crippen LogP contribution in [0.15, 0.2) is 53.5 Å². The number of fused-ring (bicyclic) bond motifs is 3. The van der Waals surface area contributed by atoms with E-state index in [0.29, 0.717) is 30.8 Å². The van der Waals surface area contributed by atoms with E-state index in [1.165, 1.54) is 44.9 Å². The molecule has 4 unspecified atom stereocenters. The number of amides is 1. The third-order valence-electron chi connectivity index (χ3n) is 9.33. The summed E-state index contributed by atoms with van der Waals surface area (Å²) in [5.74, 6) is 5.16.